The van der Waals surface area contributed by atoms with Gasteiger partial charge in [0, 0.05) is 18.3 Å². The average Bonchev–Trinajstić information content (AvgIpc) is 2.67. The Labute approximate surface area is 147 Å². The lowest BCUT2D eigenvalue weighted by Gasteiger charge is -2.21. The summed E-state index contributed by atoms with van der Waals surface area (Å²) >= 11 is 0. The van der Waals surface area contributed by atoms with Crippen molar-refractivity contribution in [3.63, 3.8) is 0 Å². The van der Waals surface area contributed by atoms with Crippen LogP contribution in [0.1, 0.15) is 12.5 Å². The number of rotatable bonds is 5. The second kappa shape index (κ2) is 7.75. The highest BCUT2D eigenvalue weighted by Gasteiger charge is 2.18. The van der Waals surface area contributed by atoms with E-state index in [-0.39, 0.29) is 5.91 Å². The number of fused-ring (bicyclic) bond motifs is 1. The molecule has 2 aromatic rings. The van der Waals surface area contributed by atoms with Crippen molar-refractivity contribution in [1.82, 2.24) is 0 Å². The first kappa shape index (κ1) is 16.9. The topological polar surface area (TPSA) is 48.0 Å². The molecule has 3 rings (SSSR count). The predicted molar refractivity (Wildman–Crippen MR) is 97.5 cm³/mol. The van der Waals surface area contributed by atoms with E-state index in [0.29, 0.717) is 37.0 Å². The molecule has 0 atom stereocenters. The van der Waals surface area contributed by atoms with Crippen molar-refractivity contribution >= 4 is 17.7 Å². The van der Waals surface area contributed by atoms with Crippen LogP contribution < -0.4 is 19.1 Å². The van der Waals surface area contributed by atoms with E-state index >= 15 is 0 Å². The molecule has 5 heteroatoms. The van der Waals surface area contributed by atoms with Crippen molar-refractivity contribution in [1.29, 1.82) is 0 Å². The molecule has 0 spiro atoms. The van der Waals surface area contributed by atoms with Crippen LogP contribution in [0.4, 0.5) is 5.69 Å². The van der Waals surface area contributed by atoms with Gasteiger partial charge in [-0.05, 0) is 42.8 Å². The Hall–Kier alpha value is -2.95. The van der Waals surface area contributed by atoms with Crippen molar-refractivity contribution in [3.05, 3.63) is 54.1 Å². The van der Waals surface area contributed by atoms with Gasteiger partial charge in [-0.15, -0.1) is 0 Å². The summed E-state index contributed by atoms with van der Waals surface area (Å²) in [5.74, 6) is 1.76. The zero-order valence-corrected chi connectivity index (χ0v) is 14.4. The number of hydrogen-bond acceptors (Lipinski definition) is 4. The molecule has 25 heavy (non-hydrogen) atoms. The largest absolute Gasteiger partial charge is 0.493 e. The van der Waals surface area contributed by atoms with Gasteiger partial charge in [-0.25, -0.2) is 0 Å². The Morgan fingerprint density at radius 2 is 1.96 bits per heavy atom. The number of methoxy groups -OCH3 is 1. The molecule has 0 bridgehead atoms. The zero-order chi connectivity index (χ0) is 17.6. The highest BCUT2D eigenvalue weighted by Crippen LogP contribution is 2.40. The molecule has 1 heterocycles. The normalized spacial score (nSPS) is 12.9. The molecule has 1 amide bonds. The quantitative estimate of drug-likeness (QED) is 0.782. The molecule has 0 saturated carbocycles. The second-order valence-electron chi connectivity index (χ2n) is 5.50. The Bertz CT molecular complexity index is 754. The van der Waals surface area contributed by atoms with Gasteiger partial charge < -0.3 is 19.1 Å². The van der Waals surface area contributed by atoms with E-state index in [9.17, 15) is 4.79 Å². The first-order chi connectivity index (χ1) is 12.2. The predicted octanol–water partition coefficient (Wildman–Crippen LogP) is 3.53. The molecule has 0 radical (unpaired) electrons. The lowest BCUT2D eigenvalue weighted by Crippen LogP contribution is -2.28. The van der Waals surface area contributed by atoms with Crippen molar-refractivity contribution in [2.24, 2.45) is 0 Å². The van der Waals surface area contributed by atoms with Crippen LogP contribution in [0.25, 0.3) is 6.08 Å². The summed E-state index contributed by atoms with van der Waals surface area (Å²) in [6.45, 7) is 3.54. The van der Waals surface area contributed by atoms with Gasteiger partial charge in [0.2, 0.25) is 5.75 Å². The Morgan fingerprint density at radius 3 is 2.68 bits per heavy atom. The van der Waals surface area contributed by atoms with Crippen LogP contribution >= 0.6 is 0 Å². The lowest BCUT2D eigenvalue weighted by atomic mass is 10.1. The fourth-order valence-electron chi connectivity index (χ4n) is 2.72. The number of hydrogen-bond donors (Lipinski definition) is 0. The summed E-state index contributed by atoms with van der Waals surface area (Å²) in [5, 5.41) is 0. The van der Waals surface area contributed by atoms with Crippen LogP contribution in [0.2, 0.25) is 0 Å². The van der Waals surface area contributed by atoms with E-state index < -0.39 is 0 Å². The summed E-state index contributed by atoms with van der Waals surface area (Å²) in [6.07, 6.45) is 3.32. The number of ether oxygens (including phenoxy) is 3. The van der Waals surface area contributed by atoms with Gasteiger partial charge in [0.1, 0.15) is 13.2 Å². The summed E-state index contributed by atoms with van der Waals surface area (Å²) in [4.78, 5) is 14.3. The van der Waals surface area contributed by atoms with Gasteiger partial charge in [0.15, 0.2) is 11.5 Å². The number of para-hydroxylation sites is 1. The first-order valence-electron chi connectivity index (χ1n) is 8.25. The van der Waals surface area contributed by atoms with E-state index in [0.717, 1.165) is 11.3 Å². The lowest BCUT2D eigenvalue weighted by molar-refractivity contribution is -0.114. The maximum atomic E-state index is 12.5. The van der Waals surface area contributed by atoms with Crippen molar-refractivity contribution in [3.8, 4) is 17.2 Å². The summed E-state index contributed by atoms with van der Waals surface area (Å²) in [7, 11) is 1.58. The zero-order valence-electron chi connectivity index (χ0n) is 14.4. The van der Waals surface area contributed by atoms with Crippen molar-refractivity contribution in [2.45, 2.75) is 6.92 Å². The third-order valence-electron chi connectivity index (χ3n) is 3.92. The van der Waals surface area contributed by atoms with Crippen molar-refractivity contribution < 1.29 is 19.0 Å². The number of carbonyl (C=O) groups excluding carboxylic acids is 1. The van der Waals surface area contributed by atoms with Crippen molar-refractivity contribution in [2.75, 3.05) is 31.8 Å². The van der Waals surface area contributed by atoms with Gasteiger partial charge in [-0.1, -0.05) is 18.2 Å². The van der Waals surface area contributed by atoms with Gasteiger partial charge in [0.05, 0.1) is 7.11 Å². The van der Waals surface area contributed by atoms with Crippen LogP contribution in [0.15, 0.2) is 48.5 Å². The molecule has 1 aliphatic rings. The maximum Gasteiger partial charge on any atom is 0.250 e. The number of amides is 1. The Balaban J connectivity index is 1.82. The highest BCUT2D eigenvalue weighted by molar-refractivity contribution is 6.03. The summed E-state index contributed by atoms with van der Waals surface area (Å²) in [5.41, 5.74) is 1.69. The van der Waals surface area contributed by atoms with Gasteiger partial charge in [-0.3, -0.25) is 4.79 Å². The number of nitrogens with zero attached hydrogens (tertiary/aromatic N) is 1. The third-order valence-corrected chi connectivity index (χ3v) is 3.92. The number of anilines is 1. The van der Waals surface area contributed by atoms with Crippen LogP contribution in [-0.4, -0.2) is 32.8 Å². The van der Waals surface area contributed by atoms with E-state index in [1.165, 1.54) is 0 Å². The Kier molecular flexibility index (Phi) is 5.23. The minimum atomic E-state index is -0.0810. The Morgan fingerprint density at radius 1 is 1.20 bits per heavy atom. The SMILES string of the molecule is CCN(C(=O)/C=C/c1cc(OC)c2c(c1)OCCO2)c1ccccc1. The summed E-state index contributed by atoms with van der Waals surface area (Å²) in [6, 6.07) is 13.3. The smallest absolute Gasteiger partial charge is 0.250 e. The maximum absolute atomic E-state index is 12.5. The fraction of sp³-hybridized carbons (Fsp3) is 0.250. The van der Waals surface area contributed by atoms with Gasteiger partial charge in [0.25, 0.3) is 5.91 Å². The molecule has 130 valence electrons. The molecule has 0 saturated heterocycles. The van der Waals surface area contributed by atoms with Gasteiger partial charge >= 0.3 is 0 Å². The monoisotopic (exact) mass is 339 g/mol. The van der Waals surface area contributed by atoms with E-state index in [2.05, 4.69) is 0 Å². The third kappa shape index (κ3) is 3.76. The second-order valence-corrected chi connectivity index (χ2v) is 5.50. The van der Waals surface area contributed by atoms with Crippen LogP contribution in [0.3, 0.4) is 0 Å². The fourth-order valence-corrected chi connectivity index (χ4v) is 2.72. The molecule has 0 aromatic heterocycles. The molecule has 0 N–H and O–H groups in total. The molecule has 2 aromatic carbocycles. The molecule has 0 fully saturated rings. The minimum absolute atomic E-state index is 0.0810. The molecule has 0 unspecified atom stereocenters. The summed E-state index contributed by atoms with van der Waals surface area (Å²) < 4.78 is 16.6. The molecular weight excluding hydrogens is 318 g/mol. The number of benzene rings is 2. The van der Waals surface area contributed by atoms with E-state index in [4.69, 9.17) is 14.2 Å². The standard InChI is InChI=1S/C20H21NO4/c1-3-21(16-7-5-4-6-8-16)19(22)10-9-15-13-17(23-2)20-18(14-15)24-11-12-25-20/h4-10,13-14H,3,11-12H2,1-2H3/b10-9+. The molecular formula is C20H21NO4. The van der Waals surface area contributed by atoms with Gasteiger partial charge in [-0.2, -0.15) is 0 Å². The highest BCUT2D eigenvalue weighted by atomic mass is 16.6. The molecule has 1 aliphatic heterocycles. The van der Waals surface area contributed by atoms with E-state index in [1.54, 1.807) is 24.2 Å². The first-order valence-corrected chi connectivity index (χ1v) is 8.25. The van der Waals surface area contributed by atoms with Crippen LogP contribution in [0, 0.1) is 0 Å². The van der Waals surface area contributed by atoms with E-state index in [1.807, 2.05) is 49.4 Å². The number of carbonyl (C=O) groups is 1. The molecule has 5 nitrogen and oxygen atoms in total. The number of likely N-dealkylation sites (N-methyl/N-ethyl adjacent to an activating group) is 1. The van der Waals surface area contributed by atoms with Crippen LogP contribution in [0.5, 0.6) is 17.2 Å². The molecule has 0 aliphatic carbocycles. The minimum Gasteiger partial charge on any atom is -0.493 e. The average molecular weight is 339 g/mol. The van der Waals surface area contributed by atoms with Crippen LogP contribution in [-0.2, 0) is 4.79 Å².